The molecule has 0 saturated carbocycles. The number of urea groups is 1. The zero-order valence-electron chi connectivity index (χ0n) is 18.2. The van der Waals surface area contributed by atoms with Crippen LogP contribution >= 0.6 is 0 Å². The van der Waals surface area contributed by atoms with Crippen molar-refractivity contribution in [2.24, 2.45) is 0 Å². The van der Waals surface area contributed by atoms with Gasteiger partial charge in [-0.15, -0.1) is 0 Å². The number of carbonyl (C=O) groups excluding carboxylic acids is 3. The Bertz CT molecular complexity index is 956. The quantitative estimate of drug-likeness (QED) is 0.675. The minimum absolute atomic E-state index is 0.00517. The number of rotatable bonds is 7. The van der Waals surface area contributed by atoms with E-state index < -0.39 is 0 Å². The summed E-state index contributed by atoms with van der Waals surface area (Å²) >= 11 is 0. The van der Waals surface area contributed by atoms with Crippen LogP contribution in [0.2, 0.25) is 0 Å². The Kier molecular flexibility index (Phi) is 6.70. The predicted octanol–water partition coefficient (Wildman–Crippen LogP) is 2.96. The summed E-state index contributed by atoms with van der Waals surface area (Å²) in [7, 11) is 0. The van der Waals surface area contributed by atoms with Gasteiger partial charge in [-0.3, -0.25) is 14.5 Å². The number of imide groups is 1. The molecule has 0 atom stereocenters. The van der Waals surface area contributed by atoms with Crippen molar-refractivity contribution < 1.29 is 19.1 Å². The lowest BCUT2D eigenvalue weighted by atomic mass is 10.0. The highest BCUT2D eigenvalue weighted by molar-refractivity contribution is 6.19. The molecule has 0 aliphatic carbocycles. The van der Waals surface area contributed by atoms with Gasteiger partial charge < -0.3 is 15.0 Å². The SMILES string of the molecule is CCOc1ccc(NC(=O)CN2CCC(N3CC(=O)N(c4ccccc4)C3=O)CC2)cc1. The molecule has 2 aromatic rings. The number of benzene rings is 2. The fourth-order valence-electron chi connectivity index (χ4n) is 4.23. The lowest BCUT2D eigenvalue weighted by Crippen LogP contribution is -2.48. The number of nitrogens with one attached hydrogen (secondary N) is 1. The van der Waals surface area contributed by atoms with Gasteiger partial charge in [0, 0.05) is 24.8 Å². The molecule has 32 heavy (non-hydrogen) atoms. The Morgan fingerprint density at radius 2 is 1.72 bits per heavy atom. The van der Waals surface area contributed by atoms with Gasteiger partial charge in [0.1, 0.15) is 12.3 Å². The van der Waals surface area contributed by atoms with Crippen LogP contribution in [0.1, 0.15) is 19.8 Å². The van der Waals surface area contributed by atoms with E-state index in [0.717, 1.165) is 24.3 Å². The highest BCUT2D eigenvalue weighted by Gasteiger charge is 2.41. The average Bonchev–Trinajstić information content (AvgIpc) is 3.10. The third-order valence-corrected chi connectivity index (χ3v) is 5.82. The van der Waals surface area contributed by atoms with E-state index in [2.05, 4.69) is 10.2 Å². The van der Waals surface area contributed by atoms with E-state index in [-0.39, 0.29) is 30.4 Å². The van der Waals surface area contributed by atoms with E-state index in [4.69, 9.17) is 4.74 Å². The van der Waals surface area contributed by atoms with E-state index in [0.29, 0.717) is 31.9 Å². The molecule has 2 heterocycles. The van der Waals surface area contributed by atoms with Gasteiger partial charge in [0.25, 0.3) is 5.91 Å². The molecule has 0 spiro atoms. The van der Waals surface area contributed by atoms with E-state index in [1.807, 2.05) is 49.4 Å². The molecule has 2 aliphatic rings. The van der Waals surface area contributed by atoms with E-state index in [1.54, 1.807) is 17.0 Å². The summed E-state index contributed by atoms with van der Waals surface area (Å²) in [6.07, 6.45) is 1.47. The number of hydrogen-bond donors (Lipinski definition) is 1. The lowest BCUT2D eigenvalue weighted by Gasteiger charge is -2.35. The van der Waals surface area contributed by atoms with Gasteiger partial charge in [-0.05, 0) is 56.2 Å². The molecule has 1 N–H and O–H groups in total. The molecule has 4 rings (SSSR count). The lowest BCUT2D eigenvalue weighted by molar-refractivity contribution is -0.117. The highest BCUT2D eigenvalue weighted by atomic mass is 16.5. The number of likely N-dealkylation sites (tertiary alicyclic amines) is 1. The van der Waals surface area contributed by atoms with Crippen molar-refractivity contribution in [2.75, 3.05) is 43.0 Å². The molecule has 0 unspecified atom stereocenters. The van der Waals surface area contributed by atoms with Gasteiger partial charge in [0.15, 0.2) is 0 Å². The standard InChI is InChI=1S/C24H28N4O4/c1-2-32-21-10-8-18(9-11-21)25-22(29)16-26-14-12-19(13-15-26)27-17-23(30)28(24(27)31)20-6-4-3-5-7-20/h3-11,19H,2,12-17H2,1H3,(H,25,29). The zero-order valence-corrected chi connectivity index (χ0v) is 18.2. The number of piperidine rings is 1. The number of para-hydroxylation sites is 1. The number of anilines is 2. The van der Waals surface area contributed by atoms with Crippen molar-refractivity contribution in [3.05, 3.63) is 54.6 Å². The molecule has 4 amide bonds. The maximum atomic E-state index is 12.9. The fraction of sp³-hybridized carbons (Fsp3) is 0.375. The summed E-state index contributed by atoms with van der Waals surface area (Å²) in [5.41, 5.74) is 1.34. The van der Waals surface area contributed by atoms with Gasteiger partial charge in [0.2, 0.25) is 5.91 Å². The first-order chi connectivity index (χ1) is 15.5. The second-order valence-electron chi connectivity index (χ2n) is 7.99. The minimum atomic E-state index is -0.257. The van der Waals surface area contributed by atoms with Crippen molar-refractivity contribution >= 4 is 29.2 Å². The van der Waals surface area contributed by atoms with Crippen LogP contribution in [0.4, 0.5) is 16.2 Å². The maximum absolute atomic E-state index is 12.9. The van der Waals surface area contributed by atoms with Crippen LogP contribution in [-0.4, -0.2) is 66.5 Å². The smallest absolute Gasteiger partial charge is 0.332 e. The molecule has 2 fully saturated rings. The maximum Gasteiger partial charge on any atom is 0.332 e. The van der Waals surface area contributed by atoms with Crippen molar-refractivity contribution in [1.82, 2.24) is 9.80 Å². The summed E-state index contributed by atoms with van der Waals surface area (Å²) in [6, 6.07) is 16.1. The zero-order chi connectivity index (χ0) is 22.5. The van der Waals surface area contributed by atoms with Gasteiger partial charge >= 0.3 is 6.03 Å². The molecular formula is C24H28N4O4. The number of nitrogens with zero attached hydrogens (tertiary/aromatic N) is 3. The van der Waals surface area contributed by atoms with Gasteiger partial charge in [-0.1, -0.05) is 18.2 Å². The molecule has 8 heteroatoms. The van der Waals surface area contributed by atoms with Crippen molar-refractivity contribution in [2.45, 2.75) is 25.8 Å². The van der Waals surface area contributed by atoms with E-state index >= 15 is 0 Å². The Morgan fingerprint density at radius 3 is 2.38 bits per heavy atom. The van der Waals surface area contributed by atoms with Crippen LogP contribution in [0.3, 0.4) is 0 Å². The first-order valence-corrected chi connectivity index (χ1v) is 11.0. The second-order valence-corrected chi connectivity index (χ2v) is 7.99. The van der Waals surface area contributed by atoms with Gasteiger partial charge in [-0.2, -0.15) is 0 Å². The predicted molar refractivity (Wildman–Crippen MR) is 122 cm³/mol. The van der Waals surface area contributed by atoms with E-state index in [9.17, 15) is 14.4 Å². The third kappa shape index (κ3) is 4.91. The summed E-state index contributed by atoms with van der Waals surface area (Å²) in [6.45, 7) is 4.33. The Labute approximate surface area is 187 Å². The third-order valence-electron chi connectivity index (χ3n) is 5.82. The van der Waals surface area contributed by atoms with Crippen molar-refractivity contribution in [3.8, 4) is 5.75 Å². The van der Waals surface area contributed by atoms with Crippen LogP contribution < -0.4 is 15.0 Å². The molecule has 0 radical (unpaired) electrons. The number of amides is 4. The summed E-state index contributed by atoms with van der Waals surface area (Å²) in [5, 5.41) is 2.91. The molecular weight excluding hydrogens is 408 g/mol. The summed E-state index contributed by atoms with van der Waals surface area (Å²) < 4.78 is 5.41. The highest BCUT2D eigenvalue weighted by Crippen LogP contribution is 2.26. The number of hydrogen-bond acceptors (Lipinski definition) is 5. The molecule has 8 nitrogen and oxygen atoms in total. The fourth-order valence-corrected chi connectivity index (χ4v) is 4.23. The molecule has 168 valence electrons. The normalized spacial score (nSPS) is 17.7. The summed E-state index contributed by atoms with van der Waals surface area (Å²) in [4.78, 5) is 42.8. The summed E-state index contributed by atoms with van der Waals surface area (Å²) in [5.74, 6) is 0.502. The molecule has 0 aromatic heterocycles. The van der Waals surface area contributed by atoms with Gasteiger partial charge in [0.05, 0.1) is 18.8 Å². The molecule has 2 saturated heterocycles. The van der Waals surface area contributed by atoms with Gasteiger partial charge in [-0.25, -0.2) is 9.69 Å². The van der Waals surface area contributed by atoms with Crippen molar-refractivity contribution in [3.63, 3.8) is 0 Å². The molecule has 0 bridgehead atoms. The largest absolute Gasteiger partial charge is 0.494 e. The Hall–Kier alpha value is -3.39. The number of carbonyl (C=O) groups is 3. The van der Waals surface area contributed by atoms with Crippen LogP contribution in [-0.2, 0) is 9.59 Å². The van der Waals surface area contributed by atoms with Crippen molar-refractivity contribution in [1.29, 1.82) is 0 Å². The Morgan fingerprint density at radius 1 is 1.03 bits per heavy atom. The second kappa shape index (κ2) is 9.82. The molecule has 2 aromatic carbocycles. The van der Waals surface area contributed by atoms with Crippen LogP contribution in [0.25, 0.3) is 0 Å². The molecule has 2 aliphatic heterocycles. The van der Waals surface area contributed by atoms with Crippen LogP contribution in [0.5, 0.6) is 5.75 Å². The average molecular weight is 437 g/mol. The monoisotopic (exact) mass is 436 g/mol. The first-order valence-electron chi connectivity index (χ1n) is 11.0. The minimum Gasteiger partial charge on any atom is -0.494 e. The Balaban J connectivity index is 1.26. The van der Waals surface area contributed by atoms with Crippen LogP contribution in [0, 0.1) is 0 Å². The van der Waals surface area contributed by atoms with Crippen LogP contribution in [0.15, 0.2) is 54.6 Å². The first kappa shape index (κ1) is 21.8. The van der Waals surface area contributed by atoms with E-state index in [1.165, 1.54) is 4.90 Å². The number of ether oxygens (including phenoxy) is 1. The topological polar surface area (TPSA) is 82.2 Å².